The second-order valence-electron chi connectivity index (χ2n) is 19.1. The Morgan fingerprint density at radius 2 is 0.716 bits per heavy atom. The number of phosphoric acid groups is 1. The number of aliphatic hydroxyl groups is 1. The summed E-state index contributed by atoms with van der Waals surface area (Å²) in [6.45, 7) is 4.41. The van der Waals surface area contributed by atoms with Crippen molar-refractivity contribution in [2.24, 2.45) is 0 Å². The molecule has 3 atom stereocenters. The van der Waals surface area contributed by atoms with Crippen LogP contribution >= 0.6 is 7.82 Å². The molecule has 2 N–H and O–H groups in total. The number of hydrogen-bond acceptors (Lipinski definition) is 10. The highest BCUT2D eigenvalue weighted by molar-refractivity contribution is 7.47. The lowest BCUT2D eigenvalue weighted by Crippen LogP contribution is -2.30. The van der Waals surface area contributed by atoms with Gasteiger partial charge in [-0.15, -0.1) is 0 Å². The summed E-state index contributed by atoms with van der Waals surface area (Å²) in [5, 5.41) is 9.81. The highest BCUT2D eigenvalue weighted by Gasteiger charge is 2.28. The van der Waals surface area contributed by atoms with E-state index < -0.39 is 57.8 Å². The third kappa shape index (κ3) is 53.2. The monoisotopic (exact) mass is 1060 g/mol. The van der Waals surface area contributed by atoms with Crippen molar-refractivity contribution < 1.29 is 52.2 Å². The van der Waals surface area contributed by atoms with E-state index in [0.29, 0.717) is 25.7 Å². The minimum absolute atomic E-state index is 0.142. The molecule has 0 aromatic carbocycles. The molecule has 0 aliphatic carbocycles. The molecule has 0 aromatic rings. The molecule has 0 fully saturated rings. The summed E-state index contributed by atoms with van der Waals surface area (Å²) in [5.74, 6) is -1.56. The van der Waals surface area contributed by atoms with Crippen molar-refractivity contribution in [1.29, 1.82) is 0 Å². The summed E-state index contributed by atoms with van der Waals surface area (Å²) >= 11 is 0. The van der Waals surface area contributed by atoms with Gasteiger partial charge in [0.25, 0.3) is 0 Å². The van der Waals surface area contributed by atoms with E-state index in [4.69, 9.17) is 23.3 Å². The Bertz CT molecular complexity index is 1610. The first kappa shape index (κ1) is 70.4. The predicted molar refractivity (Wildman–Crippen MR) is 307 cm³/mol. The van der Waals surface area contributed by atoms with Gasteiger partial charge in [-0.25, -0.2) is 4.57 Å². The highest BCUT2D eigenvalue weighted by atomic mass is 31.2. The van der Waals surface area contributed by atoms with E-state index in [2.05, 4.69) is 112 Å². The van der Waals surface area contributed by atoms with Crippen molar-refractivity contribution in [3.8, 4) is 0 Å². The van der Waals surface area contributed by atoms with Crippen LogP contribution in [-0.4, -0.2) is 66.5 Å². The minimum atomic E-state index is -4.77. The molecule has 0 spiro atoms. The minimum Gasteiger partial charge on any atom is -0.462 e. The average molecular weight is 1060 g/mol. The third-order valence-corrected chi connectivity index (χ3v) is 12.9. The first-order valence-electron chi connectivity index (χ1n) is 29.1. The second-order valence-corrected chi connectivity index (χ2v) is 20.5. The van der Waals surface area contributed by atoms with Crippen LogP contribution in [0.25, 0.3) is 0 Å². The number of aliphatic hydroxyl groups excluding tert-OH is 1. The SMILES string of the molecule is CC/C=C\C/C=C\C/C=C\C/C=C\C/C=C\CCCC(=O)OCC(COP(=O)(O)OCC(CO)OC(=O)CCCCCCC/C=C\CCCCCC)OC(=O)CCCCCCCCC/C=C\C/C=C\CCCCC. The number of rotatable bonds is 53. The van der Waals surface area contributed by atoms with Gasteiger partial charge in [-0.3, -0.25) is 23.4 Å². The van der Waals surface area contributed by atoms with E-state index in [0.717, 1.165) is 109 Å². The number of ether oxygens (including phenoxy) is 3. The summed E-state index contributed by atoms with van der Waals surface area (Å²) in [6, 6.07) is 0. The van der Waals surface area contributed by atoms with Gasteiger partial charge in [0.15, 0.2) is 6.10 Å². The number of allylic oxidation sites excluding steroid dienone is 16. The van der Waals surface area contributed by atoms with Gasteiger partial charge in [0.1, 0.15) is 12.7 Å². The Morgan fingerprint density at radius 3 is 1.16 bits per heavy atom. The third-order valence-electron chi connectivity index (χ3n) is 12.0. The Morgan fingerprint density at radius 1 is 0.392 bits per heavy atom. The van der Waals surface area contributed by atoms with Crippen LogP contribution in [0.3, 0.4) is 0 Å². The predicted octanol–water partition coefficient (Wildman–Crippen LogP) is 17.3. The zero-order chi connectivity index (χ0) is 54.1. The van der Waals surface area contributed by atoms with Crippen LogP contribution in [-0.2, 0) is 42.2 Å². The molecule has 3 unspecified atom stereocenters. The topological polar surface area (TPSA) is 155 Å². The number of hydrogen-bond donors (Lipinski definition) is 2. The second kappa shape index (κ2) is 55.6. The number of carbonyl (C=O) groups is 3. The molecule has 0 heterocycles. The van der Waals surface area contributed by atoms with Crippen LogP contribution in [0.1, 0.15) is 239 Å². The summed E-state index contributed by atoms with van der Waals surface area (Å²) < 4.78 is 39.5. The van der Waals surface area contributed by atoms with Crippen molar-refractivity contribution in [2.75, 3.05) is 26.4 Å². The van der Waals surface area contributed by atoms with Crippen molar-refractivity contribution in [3.63, 3.8) is 0 Å². The van der Waals surface area contributed by atoms with Gasteiger partial charge in [0.2, 0.25) is 0 Å². The maximum atomic E-state index is 12.9. The van der Waals surface area contributed by atoms with Crippen LogP contribution < -0.4 is 0 Å². The van der Waals surface area contributed by atoms with E-state index in [1.807, 2.05) is 6.08 Å². The molecule has 424 valence electrons. The zero-order valence-electron chi connectivity index (χ0n) is 46.8. The largest absolute Gasteiger partial charge is 0.472 e. The van der Waals surface area contributed by atoms with Crippen molar-refractivity contribution >= 4 is 25.7 Å². The maximum absolute atomic E-state index is 12.9. The van der Waals surface area contributed by atoms with E-state index in [1.54, 1.807) is 0 Å². The van der Waals surface area contributed by atoms with Gasteiger partial charge >= 0.3 is 25.7 Å². The molecule has 0 aliphatic heterocycles. The molecule has 0 radical (unpaired) electrons. The molecule has 12 heteroatoms. The Kier molecular flexibility index (Phi) is 52.9. The van der Waals surface area contributed by atoms with Crippen molar-refractivity contribution in [2.45, 2.75) is 251 Å². The fourth-order valence-electron chi connectivity index (χ4n) is 7.53. The normalized spacial score (nSPS) is 14.1. The van der Waals surface area contributed by atoms with Gasteiger partial charge in [-0.05, 0) is 116 Å². The molecule has 11 nitrogen and oxygen atoms in total. The summed E-state index contributed by atoms with van der Waals surface area (Å²) in [6.07, 6.45) is 65.1. The molecule has 0 aromatic heterocycles. The molecule has 74 heavy (non-hydrogen) atoms. The van der Waals surface area contributed by atoms with Crippen LogP contribution in [0, 0.1) is 0 Å². The molecule has 0 aliphatic rings. The highest BCUT2D eigenvalue weighted by Crippen LogP contribution is 2.43. The van der Waals surface area contributed by atoms with E-state index >= 15 is 0 Å². The molecular weight excluding hydrogens is 952 g/mol. The Balaban J connectivity index is 4.84. The quantitative estimate of drug-likeness (QED) is 0.0197. The van der Waals surface area contributed by atoms with Gasteiger partial charge in [-0.1, -0.05) is 201 Å². The lowest BCUT2D eigenvalue weighted by Gasteiger charge is -2.21. The van der Waals surface area contributed by atoms with Gasteiger partial charge in [0.05, 0.1) is 19.8 Å². The van der Waals surface area contributed by atoms with Crippen molar-refractivity contribution in [1.82, 2.24) is 0 Å². The molecule has 0 amide bonds. The zero-order valence-corrected chi connectivity index (χ0v) is 47.7. The lowest BCUT2D eigenvalue weighted by molar-refractivity contribution is -0.161. The molecule has 0 saturated heterocycles. The Hall–Kier alpha value is -3.60. The number of unbranched alkanes of at least 4 members (excludes halogenated alkanes) is 20. The molecule has 0 rings (SSSR count). The average Bonchev–Trinajstić information content (AvgIpc) is 3.39. The lowest BCUT2D eigenvalue weighted by atomic mass is 10.1. The van der Waals surface area contributed by atoms with Crippen LogP contribution in [0.2, 0.25) is 0 Å². The summed E-state index contributed by atoms with van der Waals surface area (Å²) in [4.78, 5) is 48.5. The van der Waals surface area contributed by atoms with E-state index in [9.17, 15) is 28.9 Å². The standard InChI is InChI=1S/C62H105O11P/c1-4-7-10-13-16-19-22-25-27-29-31-34-36-39-42-45-48-51-60(64)69-55-59(73-62(66)53-50-47-44-41-38-35-32-30-28-26-23-20-17-14-11-8-5-2)57-71-74(67,68)70-56-58(54-63)72-61(65)52-49-46-43-40-37-33-24-21-18-15-12-9-6-3/h7,10,16-17,19-21,24-28,31,34,39,42,58-59,63H,4-6,8-9,11-15,18,22-23,29-30,32-33,35-38,40-41,43-57H2,1-3H3,(H,67,68)/b10-7-,19-16-,20-17-,24-21-,27-25-,28-26-,34-31-,42-39-. The summed E-state index contributed by atoms with van der Waals surface area (Å²) in [5.41, 5.74) is 0. The maximum Gasteiger partial charge on any atom is 0.472 e. The van der Waals surface area contributed by atoms with Gasteiger partial charge < -0.3 is 24.2 Å². The van der Waals surface area contributed by atoms with Gasteiger partial charge in [-0.2, -0.15) is 0 Å². The van der Waals surface area contributed by atoms with E-state index in [1.165, 1.54) is 64.2 Å². The first-order chi connectivity index (χ1) is 36.2. The molecule has 0 bridgehead atoms. The number of carbonyl (C=O) groups excluding carboxylic acids is 3. The van der Waals surface area contributed by atoms with E-state index in [-0.39, 0.29) is 25.9 Å². The number of esters is 3. The Labute approximate surface area is 451 Å². The van der Waals surface area contributed by atoms with Gasteiger partial charge in [0, 0.05) is 19.3 Å². The molecular formula is C62H105O11P. The smallest absolute Gasteiger partial charge is 0.462 e. The fraction of sp³-hybridized carbons (Fsp3) is 0.694. The molecule has 0 saturated carbocycles. The first-order valence-corrected chi connectivity index (χ1v) is 30.6. The fourth-order valence-corrected chi connectivity index (χ4v) is 8.32. The number of phosphoric ester groups is 1. The van der Waals surface area contributed by atoms with Crippen LogP contribution in [0.5, 0.6) is 0 Å². The van der Waals surface area contributed by atoms with Crippen molar-refractivity contribution in [3.05, 3.63) is 97.2 Å². The van der Waals surface area contributed by atoms with Crippen LogP contribution in [0.4, 0.5) is 0 Å². The summed E-state index contributed by atoms with van der Waals surface area (Å²) in [7, 11) is -4.77. The van der Waals surface area contributed by atoms with Crippen LogP contribution in [0.15, 0.2) is 97.2 Å².